The first-order chi connectivity index (χ1) is 9.66. The minimum Gasteiger partial charge on any atom is -0.481 e. The van der Waals surface area contributed by atoms with E-state index in [-0.39, 0.29) is 17.7 Å². The Labute approximate surface area is 116 Å². The lowest BCUT2D eigenvalue weighted by Gasteiger charge is -2.23. The Morgan fingerprint density at radius 3 is 2.65 bits per heavy atom. The minimum atomic E-state index is -0.875. The Balaban J connectivity index is 1.68. The Morgan fingerprint density at radius 1 is 1.25 bits per heavy atom. The number of nitrogens with zero attached hydrogens (tertiary/aromatic N) is 1. The third-order valence-electron chi connectivity index (χ3n) is 4.22. The van der Waals surface area contributed by atoms with Crippen LogP contribution in [-0.2, 0) is 16.1 Å². The zero-order valence-corrected chi connectivity index (χ0v) is 10.9. The van der Waals surface area contributed by atoms with Crippen molar-refractivity contribution >= 4 is 11.9 Å². The summed E-state index contributed by atoms with van der Waals surface area (Å²) in [5.74, 6) is -2.03. The SMILES string of the molecule is O=C(O)[C@@H]1[C@H](C(=O)NCc2ccccn2)[C@H]2C=C[C@H]1C2. The number of hydrogen-bond donors (Lipinski definition) is 2. The number of carbonyl (C=O) groups excluding carboxylic acids is 1. The summed E-state index contributed by atoms with van der Waals surface area (Å²) in [6.07, 6.45) is 6.36. The van der Waals surface area contributed by atoms with Crippen molar-refractivity contribution in [3.63, 3.8) is 0 Å². The van der Waals surface area contributed by atoms with Gasteiger partial charge in [-0.2, -0.15) is 0 Å². The van der Waals surface area contributed by atoms with Crippen LogP contribution in [0.25, 0.3) is 0 Å². The summed E-state index contributed by atoms with van der Waals surface area (Å²) in [5, 5.41) is 12.1. The van der Waals surface area contributed by atoms with Crippen LogP contribution in [0.4, 0.5) is 0 Å². The van der Waals surface area contributed by atoms with Gasteiger partial charge in [0, 0.05) is 6.20 Å². The molecule has 1 aromatic rings. The summed E-state index contributed by atoms with van der Waals surface area (Å²) in [6, 6.07) is 5.50. The lowest BCUT2D eigenvalue weighted by molar-refractivity contribution is -0.147. The molecule has 2 N–H and O–H groups in total. The predicted octanol–water partition coefficient (Wildman–Crippen LogP) is 1.22. The molecule has 1 aromatic heterocycles. The normalized spacial score (nSPS) is 30.4. The highest BCUT2D eigenvalue weighted by molar-refractivity contribution is 5.86. The van der Waals surface area contributed by atoms with Crippen LogP contribution in [0.5, 0.6) is 0 Å². The van der Waals surface area contributed by atoms with Crippen molar-refractivity contribution < 1.29 is 14.7 Å². The molecule has 1 fully saturated rings. The van der Waals surface area contributed by atoms with Crippen LogP contribution in [0, 0.1) is 23.7 Å². The first kappa shape index (κ1) is 12.8. The van der Waals surface area contributed by atoms with Crippen LogP contribution in [-0.4, -0.2) is 22.0 Å². The smallest absolute Gasteiger partial charge is 0.307 e. The molecule has 4 atom stereocenters. The number of allylic oxidation sites excluding steroid dienone is 2. The van der Waals surface area contributed by atoms with Crippen molar-refractivity contribution in [2.75, 3.05) is 0 Å². The number of pyridine rings is 1. The number of amides is 1. The van der Waals surface area contributed by atoms with Crippen LogP contribution in [0.15, 0.2) is 36.5 Å². The van der Waals surface area contributed by atoms with Crippen LogP contribution < -0.4 is 5.32 Å². The number of aliphatic carboxylic acids is 1. The number of nitrogens with one attached hydrogen (secondary N) is 1. The molecule has 0 radical (unpaired) electrons. The lowest BCUT2D eigenvalue weighted by atomic mass is 9.82. The van der Waals surface area contributed by atoms with Crippen molar-refractivity contribution in [3.05, 3.63) is 42.2 Å². The van der Waals surface area contributed by atoms with Gasteiger partial charge in [-0.3, -0.25) is 14.6 Å². The molecule has 3 rings (SSSR count). The summed E-state index contributed by atoms with van der Waals surface area (Å²) >= 11 is 0. The minimum absolute atomic E-state index is 0.00287. The molecule has 0 unspecified atom stereocenters. The number of carbonyl (C=O) groups is 2. The van der Waals surface area contributed by atoms with Crippen LogP contribution in [0.1, 0.15) is 12.1 Å². The molecule has 0 aliphatic heterocycles. The zero-order chi connectivity index (χ0) is 14.1. The summed E-state index contributed by atoms with van der Waals surface area (Å²) in [5.41, 5.74) is 0.770. The van der Waals surface area contributed by atoms with Crippen molar-refractivity contribution in [2.45, 2.75) is 13.0 Å². The zero-order valence-electron chi connectivity index (χ0n) is 10.9. The molecule has 5 heteroatoms. The monoisotopic (exact) mass is 272 g/mol. The van der Waals surface area contributed by atoms with Crippen molar-refractivity contribution in [2.24, 2.45) is 23.7 Å². The summed E-state index contributed by atoms with van der Waals surface area (Å²) in [4.78, 5) is 27.8. The maximum atomic E-state index is 12.3. The number of fused-ring (bicyclic) bond motifs is 2. The van der Waals surface area contributed by atoms with Gasteiger partial charge in [0.25, 0.3) is 0 Å². The molecular weight excluding hydrogens is 256 g/mol. The molecule has 2 aliphatic carbocycles. The molecule has 2 bridgehead atoms. The highest BCUT2D eigenvalue weighted by atomic mass is 16.4. The Kier molecular flexibility index (Phi) is 3.26. The van der Waals surface area contributed by atoms with E-state index >= 15 is 0 Å². The Morgan fingerprint density at radius 2 is 2.00 bits per heavy atom. The second kappa shape index (κ2) is 5.07. The Bertz CT molecular complexity index is 555. The van der Waals surface area contributed by atoms with Gasteiger partial charge >= 0.3 is 5.97 Å². The van der Waals surface area contributed by atoms with E-state index in [4.69, 9.17) is 0 Å². The highest BCUT2D eigenvalue weighted by Crippen LogP contribution is 2.48. The number of rotatable bonds is 4. The van der Waals surface area contributed by atoms with Crippen molar-refractivity contribution in [3.8, 4) is 0 Å². The number of aromatic nitrogens is 1. The van der Waals surface area contributed by atoms with E-state index in [0.717, 1.165) is 12.1 Å². The van der Waals surface area contributed by atoms with Gasteiger partial charge in [0.2, 0.25) is 5.91 Å². The van der Waals surface area contributed by atoms with Gasteiger partial charge in [-0.05, 0) is 30.4 Å². The molecule has 0 saturated heterocycles. The molecule has 1 heterocycles. The first-order valence-corrected chi connectivity index (χ1v) is 6.75. The fourth-order valence-corrected chi connectivity index (χ4v) is 3.31. The van der Waals surface area contributed by atoms with Gasteiger partial charge in [-0.1, -0.05) is 18.2 Å². The largest absolute Gasteiger partial charge is 0.481 e. The van der Waals surface area contributed by atoms with Crippen LogP contribution in [0.2, 0.25) is 0 Å². The molecular formula is C15H16N2O3. The van der Waals surface area contributed by atoms with Crippen molar-refractivity contribution in [1.29, 1.82) is 0 Å². The maximum absolute atomic E-state index is 12.3. The molecule has 0 spiro atoms. The van der Waals surface area contributed by atoms with Gasteiger partial charge in [0.05, 0.1) is 24.1 Å². The summed E-state index contributed by atoms with van der Waals surface area (Å²) < 4.78 is 0. The second-order valence-electron chi connectivity index (χ2n) is 5.38. The van der Waals surface area contributed by atoms with Crippen molar-refractivity contribution in [1.82, 2.24) is 10.3 Å². The van der Waals surface area contributed by atoms with Gasteiger partial charge in [0.15, 0.2) is 0 Å². The van der Waals surface area contributed by atoms with Gasteiger partial charge in [0.1, 0.15) is 0 Å². The van der Waals surface area contributed by atoms with E-state index in [1.807, 2.05) is 30.4 Å². The van der Waals surface area contributed by atoms with E-state index in [0.29, 0.717) is 6.54 Å². The number of carboxylic acid groups (broad SMARTS) is 1. The number of carboxylic acids is 1. The van der Waals surface area contributed by atoms with E-state index < -0.39 is 17.8 Å². The Hall–Kier alpha value is -2.17. The van der Waals surface area contributed by atoms with Crippen LogP contribution >= 0.6 is 0 Å². The average Bonchev–Trinajstić information content (AvgIpc) is 3.06. The lowest BCUT2D eigenvalue weighted by Crippen LogP contribution is -2.40. The molecule has 0 aromatic carbocycles. The molecule has 20 heavy (non-hydrogen) atoms. The molecule has 5 nitrogen and oxygen atoms in total. The summed E-state index contributed by atoms with van der Waals surface area (Å²) in [7, 11) is 0. The topological polar surface area (TPSA) is 79.3 Å². The standard InChI is InChI=1S/C15H16N2O3/c18-14(17-8-11-3-1-2-6-16-11)12-9-4-5-10(7-9)13(12)15(19)20/h1-6,9-10,12-13H,7-8H2,(H,17,18)(H,19,20)/t9-,10-,12+,13-/m0/s1. The van der Waals surface area contributed by atoms with E-state index in [9.17, 15) is 14.7 Å². The second-order valence-corrected chi connectivity index (χ2v) is 5.38. The molecule has 1 saturated carbocycles. The number of hydrogen-bond acceptors (Lipinski definition) is 3. The van der Waals surface area contributed by atoms with Gasteiger partial charge < -0.3 is 10.4 Å². The van der Waals surface area contributed by atoms with E-state index in [1.165, 1.54) is 0 Å². The average molecular weight is 272 g/mol. The van der Waals surface area contributed by atoms with E-state index in [2.05, 4.69) is 10.3 Å². The molecule has 2 aliphatic rings. The predicted molar refractivity (Wildman–Crippen MR) is 71.4 cm³/mol. The van der Waals surface area contributed by atoms with E-state index in [1.54, 1.807) is 6.20 Å². The van der Waals surface area contributed by atoms with Gasteiger partial charge in [-0.25, -0.2) is 0 Å². The first-order valence-electron chi connectivity index (χ1n) is 6.75. The van der Waals surface area contributed by atoms with Crippen LogP contribution in [0.3, 0.4) is 0 Å². The third kappa shape index (κ3) is 2.19. The maximum Gasteiger partial charge on any atom is 0.307 e. The quantitative estimate of drug-likeness (QED) is 0.808. The van der Waals surface area contributed by atoms with Gasteiger partial charge in [-0.15, -0.1) is 0 Å². The summed E-state index contributed by atoms with van der Waals surface area (Å²) in [6.45, 7) is 0.337. The molecule has 1 amide bonds. The highest BCUT2D eigenvalue weighted by Gasteiger charge is 2.51. The molecule has 104 valence electrons. The fraction of sp³-hybridized carbons (Fsp3) is 0.400. The fourth-order valence-electron chi connectivity index (χ4n) is 3.31. The third-order valence-corrected chi connectivity index (χ3v) is 4.22.